The van der Waals surface area contributed by atoms with Crippen LogP contribution in [0.25, 0.3) is 11.0 Å². The second-order valence-corrected chi connectivity index (χ2v) is 3.09. The molecule has 0 aliphatic carbocycles. The molecule has 2 rings (SSSR count). The van der Waals surface area contributed by atoms with Crippen molar-refractivity contribution < 1.29 is 19.2 Å². The Bertz CT molecular complexity index is 530. The number of hydrogen-bond donors (Lipinski definition) is 1. The van der Waals surface area contributed by atoms with E-state index in [2.05, 4.69) is 9.99 Å². The summed E-state index contributed by atoms with van der Waals surface area (Å²) in [6.07, 6.45) is 2.97. The van der Waals surface area contributed by atoms with Crippen LogP contribution in [0, 0.1) is 0 Å². The molecule has 0 unspecified atom stereocenters. The van der Waals surface area contributed by atoms with Gasteiger partial charge < -0.3 is 14.4 Å². The predicted octanol–water partition coefficient (Wildman–Crippen LogP) is 1.87. The molecule has 5 nitrogen and oxygen atoms in total. The van der Waals surface area contributed by atoms with Crippen LogP contribution in [0.3, 0.4) is 0 Å². The van der Waals surface area contributed by atoms with Crippen LogP contribution in [-0.2, 0) is 9.63 Å². The first-order valence-corrected chi connectivity index (χ1v) is 4.61. The van der Waals surface area contributed by atoms with Crippen molar-refractivity contribution in [3.63, 3.8) is 0 Å². The fourth-order valence-electron chi connectivity index (χ4n) is 1.28. The van der Waals surface area contributed by atoms with Gasteiger partial charge in [-0.05, 0) is 6.07 Å². The third-order valence-corrected chi connectivity index (χ3v) is 1.97. The van der Waals surface area contributed by atoms with Crippen LogP contribution in [-0.4, -0.2) is 23.9 Å². The Morgan fingerprint density at radius 1 is 1.50 bits per heavy atom. The molecule has 0 saturated heterocycles. The predicted molar refractivity (Wildman–Crippen MR) is 57.4 cm³/mol. The van der Waals surface area contributed by atoms with Crippen molar-refractivity contribution in [2.45, 2.75) is 0 Å². The number of para-hydroxylation sites is 1. The van der Waals surface area contributed by atoms with E-state index >= 15 is 0 Å². The van der Waals surface area contributed by atoms with Gasteiger partial charge in [0.25, 0.3) is 0 Å². The standard InChI is InChI=1S/C11H9NO4/c13-11(14)7-16-12-5-8-6-15-10-4-2-1-3-9(8)10/h1-6H,7H2,(H,13,14)/b12-5+. The Labute approximate surface area is 90.9 Å². The highest BCUT2D eigenvalue weighted by Crippen LogP contribution is 2.18. The minimum atomic E-state index is -1.06. The summed E-state index contributed by atoms with van der Waals surface area (Å²) in [6.45, 7) is -0.452. The fraction of sp³-hybridized carbons (Fsp3) is 0.0909. The molecule has 0 bridgehead atoms. The number of carbonyl (C=O) groups is 1. The smallest absolute Gasteiger partial charge is 0.344 e. The first kappa shape index (κ1) is 10.2. The van der Waals surface area contributed by atoms with Crippen molar-refractivity contribution in [1.82, 2.24) is 0 Å². The molecule has 1 aromatic heterocycles. The summed E-state index contributed by atoms with van der Waals surface area (Å²) >= 11 is 0. The topological polar surface area (TPSA) is 72.0 Å². The average Bonchev–Trinajstić information content (AvgIpc) is 2.68. The molecule has 0 spiro atoms. The van der Waals surface area contributed by atoms with Crippen LogP contribution in [0.15, 0.2) is 40.1 Å². The van der Waals surface area contributed by atoms with Crippen molar-refractivity contribution in [3.05, 3.63) is 36.1 Å². The lowest BCUT2D eigenvalue weighted by Gasteiger charge is -1.91. The highest BCUT2D eigenvalue weighted by molar-refractivity contribution is 5.97. The van der Waals surface area contributed by atoms with E-state index in [-0.39, 0.29) is 0 Å². The number of rotatable bonds is 4. The van der Waals surface area contributed by atoms with Crippen LogP contribution in [0.4, 0.5) is 0 Å². The lowest BCUT2D eigenvalue weighted by molar-refractivity contribution is -0.142. The molecule has 5 heteroatoms. The number of benzene rings is 1. The molecule has 0 radical (unpaired) electrons. The maximum atomic E-state index is 10.2. The Kier molecular flexibility index (Phi) is 2.86. The molecular formula is C11H9NO4. The Hall–Kier alpha value is -2.30. The normalized spacial score (nSPS) is 11.0. The molecule has 0 aliphatic heterocycles. The molecule has 1 N–H and O–H groups in total. The van der Waals surface area contributed by atoms with Gasteiger partial charge in [0, 0.05) is 10.9 Å². The zero-order valence-electron chi connectivity index (χ0n) is 8.29. The number of carboxylic acids is 1. The summed E-state index contributed by atoms with van der Waals surface area (Å²) in [4.78, 5) is 14.7. The fourth-order valence-corrected chi connectivity index (χ4v) is 1.28. The van der Waals surface area contributed by atoms with Gasteiger partial charge in [-0.3, -0.25) is 0 Å². The Morgan fingerprint density at radius 2 is 2.31 bits per heavy atom. The van der Waals surface area contributed by atoms with Crippen molar-refractivity contribution in [3.8, 4) is 0 Å². The van der Waals surface area contributed by atoms with E-state index in [1.54, 1.807) is 0 Å². The zero-order valence-corrected chi connectivity index (χ0v) is 8.29. The second-order valence-electron chi connectivity index (χ2n) is 3.09. The van der Waals surface area contributed by atoms with Gasteiger partial charge in [0.05, 0.1) is 6.21 Å². The molecule has 0 atom stereocenters. The van der Waals surface area contributed by atoms with E-state index in [0.717, 1.165) is 16.5 Å². The summed E-state index contributed by atoms with van der Waals surface area (Å²) in [5.74, 6) is -1.06. The summed E-state index contributed by atoms with van der Waals surface area (Å²) in [6, 6.07) is 7.48. The lowest BCUT2D eigenvalue weighted by atomic mass is 10.2. The monoisotopic (exact) mass is 219 g/mol. The number of hydrogen-bond acceptors (Lipinski definition) is 4. The Morgan fingerprint density at radius 3 is 3.12 bits per heavy atom. The minimum Gasteiger partial charge on any atom is -0.479 e. The number of carboxylic acid groups (broad SMARTS) is 1. The van der Waals surface area contributed by atoms with Gasteiger partial charge in [-0.25, -0.2) is 4.79 Å². The minimum absolute atomic E-state index is 0.452. The largest absolute Gasteiger partial charge is 0.479 e. The number of oxime groups is 1. The number of fused-ring (bicyclic) bond motifs is 1. The number of aliphatic carboxylic acids is 1. The summed E-state index contributed by atoms with van der Waals surface area (Å²) in [5.41, 5.74) is 1.50. The quantitative estimate of drug-likeness (QED) is 0.629. The average molecular weight is 219 g/mol. The zero-order chi connectivity index (χ0) is 11.4. The first-order chi connectivity index (χ1) is 7.77. The van der Waals surface area contributed by atoms with Crippen molar-refractivity contribution >= 4 is 23.2 Å². The Balaban J connectivity index is 2.12. The highest BCUT2D eigenvalue weighted by Gasteiger charge is 2.02. The highest BCUT2D eigenvalue weighted by atomic mass is 16.6. The molecule has 0 fully saturated rings. The molecule has 16 heavy (non-hydrogen) atoms. The van der Waals surface area contributed by atoms with E-state index in [1.165, 1.54) is 12.5 Å². The maximum absolute atomic E-state index is 10.2. The van der Waals surface area contributed by atoms with E-state index in [1.807, 2.05) is 24.3 Å². The van der Waals surface area contributed by atoms with E-state index in [0.29, 0.717) is 0 Å². The molecule has 0 amide bonds. The molecule has 1 aromatic carbocycles. The van der Waals surface area contributed by atoms with Crippen molar-refractivity contribution in [2.75, 3.05) is 6.61 Å². The third-order valence-electron chi connectivity index (χ3n) is 1.97. The van der Waals surface area contributed by atoms with Gasteiger partial charge in [-0.2, -0.15) is 0 Å². The number of nitrogens with zero attached hydrogens (tertiary/aromatic N) is 1. The molecule has 0 saturated carbocycles. The van der Waals surface area contributed by atoms with Crippen molar-refractivity contribution in [1.29, 1.82) is 0 Å². The first-order valence-electron chi connectivity index (χ1n) is 4.61. The van der Waals surface area contributed by atoms with E-state index in [9.17, 15) is 4.79 Å². The molecule has 0 aliphatic rings. The van der Waals surface area contributed by atoms with E-state index < -0.39 is 12.6 Å². The van der Waals surface area contributed by atoms with Gasteiger partial charge in [0.1, 0.15) is 11.8 Å². The van der Waals surface area contributed by atoms with Crippen LogP contribution in [0.5, 0.6) is 0 Å². The second kappa shape index (κ2) is 4.48. The summed E-state index contributed by atoms with van der Waals surface area (Å²) in [5, 5.41) is 12.8. The molecule has 2 aromatic rings. The van der Waals surface area contributed by atoms with E-state index in [4.69, 9.17) is 9.52 Å². The maximum Gasteiger partial charge on any atom is 0.344 e. The van der Waals surface area contributed by atoms with Crippen LogP contribution in [0.1, 0.15) is 5.56 Å². The molecular weight excluding hydrogens is 210 g/mol. The molecule has 82 valence electrons. The van der Waals surface area contributed by atoms with Gasteiger partial charge >= 0.3 is 5.97 Å². The summed E-state index contributed by atoms with van der Waals surface area (Å²) < 4.78 is 5.26. The third kappa shape index (κ3) is 2.20. The van der Waals surface area contributed by atoms with Gasteiger partial charge in [-0.15, -0.1) is 0 Å². The summed E-state index contributed by atoms with van der Waals surface area (Å²) in [7, 11) is 0. The molecule has 1 heterocycles. The van der Waals surface area contributed by atoms with Gasteiger partial charge in [0.2, 0.25) is 6.61 Å². The van der Waals surface area contributed by atoms with Crippen LogP contribution < -0.4 is 0 Å². The van der Waals surface area contributed by atoms with Crippen LogP contribution >= 0.6 is 0 Å². The number of furan rings is 1. The van der Waals surface area contributed by atoms with Crippen molar-refractivity contribution in [2.24, 2.45) is 5.16 Å². The van der Waals surface area contributed by atoms with Gasteiger partial charge in [-0.1, -0.05) is 23.4 Å². The SMILES string of the molecule is O=C(O)CO/N=C/c1coc2ccccc12. The van der Waals surface area contributed by atoms with Gasteiger partial charge in [0.15, 0.2) is 0 Å². The lowest BCUT2D eigenvalue weighted by Crippen LogP contribution is -2.03. The van der Waals surface area contributed by atoms with Crippen LogP contribution in [0.2, 0.25) is 0 Å².